The third-order valence-electron chi connectivity index (χ3n) is 8.07. The average molecular weight is 586 g/mol. The first kappa shape index (κ1) is 30.0. The Morgan fingerprint density at radius 2 is 1.90 bits per heavy atom. The molecule has 6 heterocycles. The van der Waals surface area contributed by atoms with Gasteiger partial charge >= 0.3 is 0 Å². The third kappa shape index (κ3) is 6.83. The van der Waals surface area contributed by atoms with E-state index < -0.39 is 0 Å². The second-order valence-corrected chi connectivity index (χ2v) is 10.7. The fourth-order valence-electron chi connectivity index (χ4n) is 5.83. The zero-order valence-corrected chi connectivity index (χ0v) is 24.4. The van der Waals surface area contributed by atoms with Crippen LogP contribution in [0.25, 0.3) is 22.0 Å². The summed E-state index contributed by atoms with van der Waals surface area (Å²) in [5, 5.41) is 11.9. The van der Waals surface area contributed by atoms with Gasteiger partial charge in [0, 0.05) is 59.5 Å². The van der Waals surface area contributed by atoms with E-state index in [1.54, 1.807) is 18.5 Å². The molecule has 4 aromatic rings. The Labute approximate surface area is 247 Å². The topological polar surface area (TPSA) is 104 Å². The monoisotopic (exact) mass is 584 g/mol. The van der Waals surface area contributed by atoms with Crippen molar-refractivity contribution in [1.29, 1.82) is 0 Å². The van der Waals surface area contributed by atoms with E-state index in [4.69, 9.17) is 0 Å². The van der Waals surface area contributed by atoms with Crippen LogP contribution < -0.4 is 10.6 Å². The minimum Gasteiger partial charge on any atom is -0.357 e. The van der Waals surface area contributed by atoms with E-state index in [0.29, 0.717) is 17.6 Å². The smallest absolute Gasteiger partial charge is 0.275 e. The van der Waals surface area contributed by atoms with Gasteiger partial charge in [-0.25, -0.2) is 4.98 Å². The van der Waals surface area contributed by atoms with E-state index in [9.17, 15) is 4.79 Å². The standard InChI is InChI=1S/C29H36N8O.2ClH/c1-36-12-3-5-27(36)26-14-22-17-32-28(15-25(22)34-26)35-29(38)24-7-6-21(16-31-24)23-18-33-37(19-23)13-2-4-20-8-10-30-11-9-20;;/h6-7,14-20,27,30,34H,2-5,8-13H2,1H3,(H,32,35,38);2*1H/t27-;;/m1../s1. The van der Waals surface area contributed by atoms with E-state index in [1.165, 1.54) is 31.4 Å². The van der Waals surface area contributed by atoms with Crippen LogP contribution in [0.15, 0.2) is 49.1 Å². The van der Waals surface area contributed by atoms with Crippen LogP contribution in [0.3, 0.4) is 0 Å². The molecule has 2 aliphatic heterocycles. The highest BCUT2D eigenvalue weighted by Gasteiger charge is 2.24. The lowest BCUT2D eigenvalue weighted by Crippen LogP contribution is -2.27. The summed E-state index contributed by atoms with van der Waals surface area (Å²) in [6.07, 6.45) is 14.8. The SMILES string of the molecule is CN1CCC[C@@H]1c1cc2cnc(NC(=O)c3ccc(-c4cnn(CCCC5CCNCC5)c4)cn3)cc2[nH]1.Cl.Cl. The predicted molar refractivity (Wildman–Crippen MR) is 163 cm³/mol. The number of likely N-dealkylation sites (tertiary alicyclic amines) is 1. The van der Waals surface area contributed by atoms with Gasteiger partial charge in [0.1, 0.15) is 11.5 Å². The van der Waals surface area contributed by atoms with Gasteiger partial charge in [-0.1, -0.05) is 6.07 Å². The Bertz CT molecular complexity index is 1400. The number of halogens is 2. The van der Waals surface area contributed by atoms with E-state index >= 15 is 0 Å². The second-order valence-electron chi connectivity index (χ2n) is 10.7. The number of fused-ring (bicyclic) bond motifs is 1. The molecule has 214 valence electrons. The molecule has 40 heavy (non-hydrogen) atoms. The molecule has 2 fully saturated rings. The van der Waals surface area contributed by atoms with Gasteiger partial charge in [-0.15, -0.1) is 24.8 Å². The van der Waals surface area contributed by atoms with Crippen LogP contribution in [-0.4, -0.2) is 62.2 Å². The normalized spacial score (nSPS) is 17.9. The molecule has 2 aliphatic rings. The summed E-state index contributed by atoms with van der Waals surface area (Å²) in [5.41, 5.74) is 4.48. The predicted octanol–water partition coefficient (Wildman–Crippen LogP) is 5.46. The van der Waals surface area contributed by atoms with Gasteiger partial charge in [-0.05, 0) is 83.3 Å². The van der Waals surface area contributed by atoms with Gasteiger partial charge in [0.25, 0.3) is 5.91 Å². The maximum Gasteiger partial charge on any atom is 0.275 e. The minimum atomic E-state index is -0.278. The average Bonchev–Trinajstić information content (AvgIpc) is 3.69. The Morgan fingerprint density at radius 3 is 2.65 bits per heavy atom. The Morgan fingerprint density at radius 1 is 1.05 bits per heavy atom. The van der Waals surface area contributed by atoms with Crippen LogP contribution in [-0.2, 0) is 6.54 Å². The van der Waals surface area contributed by atoms with Gasteiger partial charge < -0.3 is 15.6 Å². The van der Waals surface area contributed by atoms with Gasteiger partial charge in [-0.2, -0.15) is 5.10 Å². The van der Waals surface area contributed by atoms with Crippen molar-refractivity contribution in [3.05, 3.63) is 60.4 Å². The maximum atomic E-state index is 12.9. The maximum absolute atomic E-state index is 12.9. The van der Waals surface area contributed by atoms with Crippen LogP contribution in [0.5, 0.6) is 0 Å². The van der Waals surface area contributed by atoms with Crippen molar-refractivity contribution in [3.8, 4) is 11.1 Å². The van der Waals surface area contributed by atoms with Crippen molar-refractivity contribution in [2.45, 2.75) is 51.1 Å². The molecule has 1 atom stereocenters. The number of H-pyrrole nitrogens is 1. The fourth-order valence-corrected chi connectivity index (χ4v) is 5.83. The van der Waals surface area contributed by atoms with Crippen LogP contribution in [0.1, 0.15) is 60.7 Å². The van der Waals surface area contributed by atoms with E-state index in [2.05, 4.69) is 54.9 Å². The van der Waals surface area contributed by atoms with Gasteiger partial charge in [0.05, 0.1) is 11.7 Å². The second kappa shape index (κ2) is 13.6. The van der Waals surface area contributed by atoms with Crippen molar-refractivity contribution in [2.24, 2.45) is 5.92 Å². The zero-order chi connectivity index (χ0) is 25.9. The molecule has 4 aromatic heterocycles. The molecule has 0 saturated carbocycles. The lowest BCUT2D eigenvalue weighted by Gasteiger charge is -2.22. The van der Waals surface area contributed by atoms with Crippen molar-refractivity contribution in [3.63, 3.8) is 0 Å². The first-order chi connectivity index (χ1) is 18.6. The largest absolute Gasteiger partial charge is 0.357 e. The summed E-state index contributed by atoms with van der Waals surface area (Å²) in [6, 6.07) is 8.14. The Balaban J connectivity index is 0.00000185. The number of anilines is 1. The van der Waals surface area contributed by atoms with Crippen LogP contribution in [0, 0.1) is 5.92 Å². The van der Waals surface area contributed by atoms with Crippen LogP contribution >= 0.6 is 24.8 Å². The number of aromatic nitrogens is 5. The lowest BCUT2D eigenvalue weighted by atomic mass is 9.93. The quantitative estimate of drug-likeness (QED) is 0.254. The lowest BCUT2D eigenvalue weighted by molar-refractivity contribution is 0.102. The Hall–Kier alpha value is -2.98. The number of carbonyl (C=O) groups is 1. The molecule has 3 N–H and O–H groups in total. The number of nitrogens with zero attached hydrogens (tertiary/aromatic N) is 5. The molecule has 0 aliphatic carbocycles. The minimum absolute atomic E-state index is 0. The number of piperidine rings is 1. The highest BCUT2D eigenvalue weighted by Crippen LogP contribution is 2.32. The van der Waals surface area contributed by atoms with E-state index in [-0.39, 0.29) is 30.7 Å². The molecule has 9 nitrogen and oxygen atoms in total. The van der Waals surface area contributed by atoms with E-state index in [0.717, 1.165) is 67.0 Å². The summed E-state index contributed by atoms with van der Waals surface area (Å²) < 4.78 is 2.01. The summed E-state index contributed by atoms with van der Waals surface area (Å²) in [4.78, 5) is 27.6. The molecule has 0 radical (unpaired) electrons. The van der Waals surface area contributed by atoms with Crippen LogP contribution in [0.2, 0.25) is 0 Å². The number of amides is 1. The van der Waals surface area contributed by atoms with Gasteiger partial charge in [-0.3, -0.25) is 19.4 Å². The summed E-state index contributed by atoms with van der Waals surface area (Å²) >= 11 is 0. The number of hydrogen-bond acceptors (Lipinski definition) is 6. The molecule has 0 aromatic carbocycles. The molecular formula is C29H38Cl2N8O. The molecule has 1 amide bonds. The highest BCUT2D eigenvalue weighted by atomic mass is 35.5. The molecule has 0 spiro atoms. The highest BCUT2D eigenvalue weighted by molar-refractivity contribution is 6.03. The number of nitrogens with one attached hydrogen (secondary N) is 3. The molecule has 6 rings (SSSR count). The first-order valence-corrected chi connectivity index (χ1v) is 13.8. The third-order valence-corrected chi connectivity index (χ3v) is 8.07. The molecule has 0 unspecified atom stereocenters. The van der Waals surface area contributed by atoms with Gasteiger partial charge in [0.2, 0.25) is 0 Å². The number of aryl methyl sites for hydroxylation is 1. The number of hydrogen-bond donors (Lipinski definition) is 3. The number of pyridine rings is 2. The summed E-state index contributed by atoms with van der Waals surface area (Å²) in [6.45, 7) is 4.34. The molecular weight excluding hydrogens is 547 g/mol. The molecule has 11 heteroatoms. The zero-order valence-electron chi connectivity index (χ0n) is 22.8. The number of rotatable bonds is 8. The number of carbonyl (C=O) groups excluding carboxylic acids is 1. The van der Waals surface area contributed by atoms with Crippen molar-refractivity contribution in [2.75, 3.05) is 32.0 Å². The first-order valence-electron chi connectivity index (χ1n) is 13.8. The fraction of sp³-hybridized carbons (Fsp3) is 0.448. The van der Waals surface area contributed by atoms with Crippen molar-refractivity contribution < 1.29 is 4.79 Å². The van der Waals surface area contributed by atoms with E-state index in [1.807, 2.05) is 23.0 Å². The summed E-state index contributed by atoms with van der Waals surface area (Å²) in [7, 11) is 2.16. The molecule has 0 bridgehead atoms. The van der Waals surface area contributed by atoms with Crippen molar-refractivity contribution >= 4 is 47.4 Å². The Kier molecular flexibility index (Phi) is 10.2. The van der Waals surface area contributed by atoms with Crippen LogP contribution in [0.4, 0.5) is 5.82 Å². The van der Waals surface area contributed by atoms with Crippen molar-refractivity contribution in [1.82, 2.24) is 34.9 Å². The molecule has 2 saturated heterocycles. The number of aromatic amines is 1. The summed E-state index contributed by atoms with van der Waals surface area (Å²) in [5.74, 6) is 1.07. The van der Waals surface area contributed by atoms with Gasteiger partial charge in [0.15, 0.2) is 0 Å².